The average Bonchev–Trinajstić information content (AvgIpc) is 3.07. The summed E-state index contributed by atoms with van der Waals surface area (Å²) in [4.78, 5) is 16.8. The molecule has 1 aromatic heterocycles. The number of carbonyl (C=O) groups excluding carboxylic acids is 1. The molecule has 0 unspecified atom stereocenters. The molecule has 2 N–H and O–H groups in total. The van der Waals surface area contributed by atoms with Crippen LogP contribution in [0.4, 0.5) is 5.69 Å². The molecule has 0 saturated carbocycles. The largest absolute Gasteiger partial charge is 0.390 e. The van der Waals surface area contributed by atoms with Crippen molar-refractivity contribution in [3.8, 4) is 0 Å². The van der Waals surface area contributed by atoms with Crippen LogP contribution in [0.15, 0.2) is 53.8 Å². The van der Waals surface area contributed by atoms with Crippen LogP contribution in [0.2, 0.25) is 5.02 Å². The van der Waals surface area contributed by atoms with Crippen molar-refractivity contribution in [1.29, 1.82) is 0 Å². The number of aryl methyl sites for hydroxylation is 1. The van der Waals surface area contributed by atoms with Crippen molar-refractivity contribution in [3.63, 3.8) is 0 Å². The Labute approximate surface area is 173 Å². The monoisotopic (exact) mass is 415 g/mol. The molecule has 0 aliphatic rings. The number of aliphatic hydroxyl groups excluding tert-OH is 1. The van der Waals surface area contributed by atoms with E-state index in [1.54, 1.807) is 6.20 Å². The number of aliphatic hydroxyl groups is 1. The summed E-state index contributed by atoms with van der Waals surface area (Å²) in [5.41, 5.74) is 4.77. The van der Waals surface area contributed by atoms with E-state index in [-0.39, 0.29) is 18.3 Å². The maximum absolute atomic E-state index is 12.4. The summed E-state index contributed by atoms with van der Waals surface area (Å²) in [5.74, 6) is 0.140. The van der Waals surface area contributed by atoms with E-state index >= 15 is 0 Å². The van der Waals surface area contributed by atoms with Crippen LogP contribution < -0.4 is 5.32 Å². The smallest absolute Gasteiger partial charge is 0.234 e. The van der Waals surface area contributed by atoms with Crippen molar-refractivity contribution in [2.75, 3.05) is 11.1 Å². The van der Waals surface area contributed by atoms with Crippen LogP contribution >= 0.6 is 23.4 Å². The lowest BCUT2D eigenvalue weighted by molar-refractivity contribution is -0.113. The zero-order valence-corrected chi connectivity index (χ0v) is 17.3. The molecule has 0 spiro atoms. The minimum absolute atomic E-state index is 0.0923. The lowest BCUT2D eigenvalue weighted by Crippen LogP contribution is -2.16. The number of rotatable bonds is 7. The maximum Gasteiger partial charge on any atom is 0.234 e. The van der Waals surface area contributed by atoms with Crippen molar-refractivity contribution >= 4 is 35.0 Å². The second-order valence-electron chi connectivity index (χ2n) is 6.49. The summed E-state index contributed by atoms with van der Waals surface area (Å²) in [7, 11) is 0. The summed E-state index contributed by atoms with van der Waals surface area (Å²) < 4.78 is 1.92. The summed E-state index contributed by atoms with van der Waals surface area (Å²) in [6, 6.07) is 13.4. The molecule has 1 heterocycles. The van der Waals surface area contributed by atoms with Gasteiger partial charge in [-0.3, -0.25) is 4.79 Å². The number of aromatic nitrogens is 2. The Bertz CT molecular complexity index is 970. The van der Waals surface area contributed by atoms with Crippen LogP contribution in [0.5, 0.6) is 0 Å². The van der Waals surface area contributed by atoms with Gasteiger partial charge in [0, 0.05) is 17.3 Å². The standard InChI is InChI=1S/C21H22ClN3O2S/c1-14-4-3-5-19(15(14)2)24-20(27)13-28-21-23-10-18(12-26)25(21)11-16-6-8-17(22)9-7-16/h3-10,26H,11-13H2,1-2H3,(H,24,27). The van der Waals surface area contributed by atoms with Crippen molar-refractivity contribution < 1.29 is 9.90 Å². The van der Waals surface area contributed by atoms with Gasteiger partial charge in [0.15, 0.2) is 5.16 Å². The number of halogens is 1. The predicted octanol–water partition coefficient (Wildman–Crippen LogP) is 4.42. The minimum atomic E-state index is -0.115. The van der Waals surface area contributed by atoms with Crippen molar-refractivity contribution in [1.82, 2.24) is 9.55 Å². The lowest BCUT2D eigenvalue weighted by atomic mass is 10.1. The summed E-state index contributed by atoms with van der Waals surface area (Å²) >= 11 is 7.29. The Kier molecular flexibility index (Phi) is 6.78. The Morgan fingerprint density at radius 1 is 1.21 bits per heavy atom. The highest BCUT2D eigenvalue weighted by Gasteiger charge is 2.13. The molecule has 146 valence electrons. The van der Waals surface area contributed by atoms with Gasteiger partial charge in [-0.2, -0.15) is 0 Å². The first-order valence-corrected chi connectivity index (χ1v) is 10.2. The molecule has 2 aromatic carbocycles. The molecule has 0 saturated heterocycles. The Morgan fingerprint density at radius 2 is 1.96 bits per heavy atom. The van der Waals surface area contributed by atoms with Crippen molar-refractivity contribution in [2.24, 2.45) is 0 Å². The number of anilines is 1. The Hall–Kier alpha value is -2.28. The third-order valence-electron chi connectivity index (χ3n) is 4.53. The molecule has 0 bridgehead atoms. The molecule has 0 radical (unpaired) electrons. The third-order valence-corrected chi connectivity index (χ3v) is 5.77. The fraction of sp³-hybridized carbons (Fsp3) is 0.238. The number of nitrogens with zero attached hydrogens (tertiary/aromatic N) is 2. The van der Waals surface area contributed by atoms with E-state index in [0.717, 1.165) is 22.4 Å². The number of amides is 1. The highest BCUT2D eigenvalue weighted by Crippen LogP contribution is 2.23. The molecule has 0 aliphatic heterocycles. The second-order valence-corrected chi connectivity index (χ2v) is 7.87. The molecule has 28 heavy (non-hydrogen) atoms. The Morgan fingerprint density at radius 3 is 2.68 bits per heavy atom. The summed E-state index contributed by atoms with van der Waals surface area (Å²) in [6.45, 7) is 4.44. The molecular weight excluding hydrogens is 394 g/mol. The highest BCUT2D eigenvalue weighted by atomic mass is 35.5. The van der Waals surface area contributed by atoms with Crippen LogP contribution in [0.25, 0.3) is 0 Å². The zero-order valence-electron chi connectivity index (χ0n) is 15.8. The number of benzene rings is 2. The Balaban J connectivity index is 1.68. The second kappa shape index (κ2) is 9.28. The molecular formula is C21H22ClN3O2S. The van der Waals surface area contributed by atoms with Gasteiger partial charge in [-0.05, 0) is 48.7 Å². The van der Waals surface area contributed by atoms with E-state index in [1.165, 1.54) is 11.8 Å². The molecule has 5 nitrogen and oxygen atoms in total. The number of hydrogen-bond acceptors (Lipinski definition) is 4. The van der Waals surface area contributed by atoms with E-state index < -0.39 is 0 Å². The summed E-state index contributed by atoms with van der Waals surface area (Å²) in [6.07, 6.45) is 1.64. The number of imidazole rings is 1. The first-order chi connectivity index (χ1) is 13.5. The minimum Gasteiger partial charge on any atom is -0.390 e. The van der Waals surface area contributed by atoms with Crippen molar-refractivity contribution in [3.05, 3.63) is 76.1 Å². The van der Waals surface area contributed by atoms with Gasteiger partial charge in [0.1, 0.15) is 0 Å². The molecule has 0 fully saturated rings. The van der Waals surface area contributed by atoms with Gasteiger partial charge >= 0.3 is 0 Å². The lowest BCUT2D eigenvalue weighted by Gasteiger charge is -2.12. The third kappa shape index (κ3) is 4.95. The van der Waals surface area contributed by atoms with Crippen LogP contribution in [0, 0.1) is 13.8 Å². The van der Waals surface area contributed by atoms with E-state index in [0.29, 0.717) is 22.4 Å². The molecule has 7 heteroatoms. The van der Waals surface area contributed by atoms with Crippen LogP contribution in [-0.2, 0) is 17.9 Å². The molecule has 0 atom stereocenters. The predicted molar refractivity (Wildman–Crippen MR) is 114 cm³/mol. The zero-order chi connectivity index (χ0) is 20.1. The van der Waals surface area contributed by atoms with Gasteiger partial charge < -0.3 is 15.0 Å². The van der Waals surface area contributed by atoms with Gasteiger partial charge in [0.25, 0.3) is 0 Å². The van der Waals surface area contributed by atoms with Crippen LogP contribution in [-0.4, -0.2) is 26.3 Å². The number of thioether (sulfide) groups is 1. The molecule has 3 rings (SSSR count). The fourth-order valence-corrected chi connectivity index (χ4v) is 3.70. The number of hydrogen-bond donors (Lipinski definition) is 2. The average molecular weight is 416 g/mol. The van der Waals surface area contributed by atoms with Gasteiger partial charge in [-0.25, -0.2) is 4.98 Å². The van der Waals surface area contributed by atoms with E-state index in [2.05, 4.69) is 10.3 Å². The molecule has 3 aromatic rings. The van der Waals surface area contributed by atoms with Gasteiger partial charge in [0.2, 0.25) is 5.91 Å². The van der Waals surface area contributed by atoms with Gasteiger partial charge in [-0.1, -0.05) is 47.6 Å². The van der Waals surface area contributed by atoms with E-state index in [1.807, 2.05) is 60.9 Å². The topological polar surface area (TPSA) is 67.2 Å². The molecule has 0 aliphatic carbocycles. The summed E-state index contributed by atoms with van der Waals surface area (Å²) in [5, 5.41) is 13.9. The number of carbonyl (C=O) groups is 1. The van der Waals surface area contributed by atoms with Gasteiger partial charge in [0.05, 0.1) is 24.3 Å². The quantitative estimate of drug-likeness (QED) is 0.560. The first kappa shape index (κ1) is 20.5. The molecule has 1 amide bonds. The van der Waals surface area contributed by atoms with E-state index in [9.17, 15) is 9.90 Å². The maximum atomic E-state index is 12.4. The van der Waals surface area contributed by atoms with Crippen LogP contribution in [0.3, 0.4) is 0 Å². The highest BCUT2D eigenvalue weighted by molar-refractivity contribution is 7.99. The fourth-order valence-electron chi connectivity index (χ4n) is 2.78. The SMILES string of the molecule is Cc1cccc(NC(=O)CSc2ncc(CO)n2Cc2ccc(Cl)cc2)c1C. The van der Waals surface area contributed by atoms with Crippen molar-refractivity contribution in [2.45, 2.75) is 32.2 Å². The van der Waals surface area contributed by atoms with E-state index in [4.69, 9.17) is 11.6 Å². The van der Waals surface area contributed by atoms with Crippen LogP contribution in [0.1, 0.15) is 22.4 Å². The first-order valence-electron chi connectivity index (χ1n) is 8.86. The van der Waals surface area contributed by atoms with Gasteiger partial charge in [-0.15, -0.1) is 0 Å². The normalized spacial score (nSPS) is 10.9. The number of nitrogens with one attached hydrogen (secondary N) is 1.